The van der Waals surface area contributed by atoms with E-state index in [1.165, 1.54) is 0 Å². The molecule has 3 N–H and O–H groups in total. The zero-order chi connectivity index (χ0) is 31.1. The number of carbonyl (C=O) groups is 2. The van der Waals surface area contributed by atoms with Crippen molar-refractivity contribution < 1.29 is 19.4 Å². The molecule has 1 atom stereocenters. The Morgan fingerprint density at radius 1 is 0.667 bits per heavy atom. The van der Waals surface area contributed by atoms with Crippen LogP contribution in [0.3, 0.4) is 0 Å². The molecule has 0 radical (unpaired) electrons. The molecule has 6 heteroatoms. The molecule has 226 valence electrons. The molecular formula is C39H36N2O4. The van der Waals surface area contributed by atoms with Gasteiger partial charge in [0.2, 0.25) is 0 Å². The fraction of sp³-hybridized carbons (Fsp3) is 0.179. The molecule has 0 aromatic heterocycles. The Morgan fingerprint density at radius 2 is 1.11 bits per heavy atom. The summed E-state index contributed by atoms with van der Waals surface area (Å²) >= 11 is 0. The van der Waals surface area contributed by atoms with Gasteiger partial charge in [0.15, 0.2) is 0 Å². The quantitative estimate of drug-likeness (QED) is 0.104. The van der Waals surface area contributed by atoms with Gasteiger partial charge in [-0.3, -0.25) is 5.32 Å². The molecule has 1 aliphatic carbocycles. The van der Waals surface area contributed by atoms with E-state index in [2.05, 4.69) is 71.3 Å². The summed E-state index contributed by atoms with van der Waals surface area (Å²) in [5.74, 6) is -1.19. The number of fused-ring (bicyclic) bond motifs is 3. The van der Waals surface area contributed by atoms with Gasteiger partial charge in [-0.2, -0.15) is 0 Å². The minimum atomic E-state index is -1.09. The number of hydrogen-bond acceptors (Lipinski definition) is 4. The highest BCUT2D eigenvalue weighted by atomic mass is 16.5. The Hall–Kier alpha value is -5.20. The fourth-order valence-electron chi connectivity index (χ4n) is 6.49. The molecule has 0 spiro atoms. The number of nitrogens with one attached hydrogen (secondary N) is 2. The normalized spacial score (nSPS) is 13.0. The third-order valence-electron chi connectivity index (χ3n) is 8.61. The molecule has 6 rings (SSSR count). The number of ether oxygens (including phenoxy) is 1. The highest BCUT2D eigenvalue weighted by Crippen LogP contribution is 2.44. The number of alkyl carbamates (subject to hydrolysis) is 1. The van der Waals surface area contributed by atoms with Crippen LogP contribution in [0.25, 0.3) is 11.1 Å². The Morgan fingerprint density at radius 3 is 1.58 bits per heavy atom. The van der Waals surface area contributed by atoms with Crippen molar-refractivity contribution in [3.05, 3.63) is 167 Å². The molecule has 0 bridgehead atoms. The van der Waals surface area contributed by atoms with Crippen molar-refractivity contribution >= 4 is 12.1 Å². The molecule has 1 unspecified atom stereocenters. The largest absolute Gasteiger partial charge is 0.480 e. The summed E-state index contributed by atoms with van der Waals surface area (Å²) in [5.41, 5.74) is 7.06. The van der Waals surface area contributed by atoms with Gasteiger partial charge in [-0.25, -0.2) is 9.59 Å². The van der Waals surface area contributed by atoms with Crippen LogP contribution in [-0.4, -0.2) is 36.4 Å². The summed E-state index contributed by atoms with van der Waals surface area (Å²) in [6, 6.07) is 45.9. The third kappa shape index (κ3) is 6.24. The molecule has 0 saturated carbocycles. The zero-order valence-corrected chi connectivity index (χ0v) is 24.9. The number of amides is 1. The number of rotatable bonds is 12. The van der Waals surface area contributed by atoms with Gasteiger partial charge in [0, 0.05) is 5.92 Å². The average Bonchev–Trinajstić information content (AvgIpc) is 3.41. The Labute approximate surface area is 263 Å². The number of benzene rings is 5. The van der Waals surface area contributed by atoms with E-state index < -0.39 is 23.6 Å². The molecule has 1 amide bonds. The minimum Gasteiger partial charge on any atom is -0.480 e. The Balaban J connectivity index is 1.12. The zero-order valence-electron chi connectivity index (χ0n) is 24.9. The first kappa shape index (κ1) is 29.9. The molecule has 45 heavy (non-hydrogen) atoms. The molecule has 1 aliphatic rings. The first-order valence-corrected chi connectivity index (χ1v) is 15.3. The van der Waals surface area contributed by atoms with Crippen LogP contribution in [0.5, 0.6) is 0 Å². The Kier molecular flexibility index (Phi) is 9.04. The van der Waals surface area contributed by atoms with Crippen LogP contribution in [0.4, 0.5) is 4.79 Å². The molecule has 0 fully saturated rings. The molecule has 5 aromatic rings. The van der Waals surface area contributed by atoms with E-state index in [9.17, 15) is 14.7 Å². The molecule has 6 nitrogen and oxygen atoms in total. The second-order valence-electron chi connectivity index (χ2n) is 11.3. The SMILES string of the molecule is O=C(NC(CCCNC(c1ccccc1)(c1ccccc1)c1ccccc1)C(=O)O)OCC1c2ccccc2-c2ccccc21. The van der Waals surface area contributed by atoms with Gasteiger partial charge in [0.1, 0.15) is 12.6 Å². The number of carbonyl (C=O) groups excluding carboxylic acids is 1. The number of carboxylic acids is 1. The van der Waals surface area contributed by atoms with Crippen molar-refractivity contribution in [1.82, 2.24) is 10.6 Å². The Bertz CT molecular complexity index is 1600. The van der Waals surface area contributed by atoms with Crippen molar-refractivity contribution in [2.24, 2.45) is 0 Å². The maximum atomic E-state index is 12.9. The van der Waals surface area contributed by atoms with Gasteiger partial charge in [-0.15, -0.1) is 0 Å². The summed E-state index contributed by atoms with van der Waals surface area (Å²) < 4.78 is 5.63. The van der Waals surface area contributed by atoms with Crippen molar-refractivity contribution in [1.29, 1.82) is 0 Å². The summed E-state index contributed by atoms with van der Waals surface area (Å²) in [4.78, 5) is 25.1. The molecule has 5 aromatic carbocycles. The monoisotopic (exact) mass is 596 g/mol. The van der Waals surface area contributed by atoms with Gasteiger partial charge in [0.05, 0.1) is 5.54 Å². The van der Waals surface area contributed by atoms with Crippen LogP contribution in [0, 0.1) is 0 Å². The summed E-state index contributed by atoms with van der Waals surface area (Å²) in [6.07, 6.45) is 0.0139. The first-order valence-electron chi connectivity index (χ1n) is 15.3. The van der Waals surface area contributed by atoms with Crippen LogP contribution >= 0.6 is 0 Å². The summed E-state index contributed by atoms with van der Waals surface area (Å²) in [6.45, 7) is 0.635. The van der Waals surface area contributed by atoms with Crippen molar-refractivity contribution in [3.63, 3.8) is 0 Å². The first-order chi connectivity index (χ1) is 22.1. The van der Waals surface area contributed by atoms with E-state index in [1.807, 2.05) is 78.9 Å². The van der Waals surface area contributed by atoms with Crippen LogP contribution in [0.2, 0.25) is 0 Å². The third-order valence-corrected chi connectivity index (χ3v) is 8.61. The van der Waals surface area contributed by atoms with Crippen LogP contribution in [-0.2, 0) is 15.1 Å². The standard InChI is InChI=1S/C39H36N2O4/c42-37(43)36(41-38(44)45-27-35-33-23-12-10-21-31(33)32-22-11-13-24-34(32)35)25-14-26-40-39(28-15-4-1-5-16-28,29-17-6-2-7-18-29)30-19-8-3-9-20-30/h1-13,15-24,35-36,40H,14,25-27H2,(H,41,44)(H,42,43). The van der Waals surface area contributed by atoms with E-state index in [-0.39, 0.29) is 18.9 Å². The molecular weight excluding hydrogens is 560 g/mol. The van der Waals surface area contributed by atoms with E-state index in [0.717, 1.165) is 38.9 Å². The number of aliphatic carboxylic acids is 1. The van der Waals surface area contributed by atoms with Crippen molar-refractivity contribution in [3.8, 4) is 11.1 Å². The predicted octanol–water partition coefficient (Wildman–Crippen LogP) is 7.34. The van der Waals surface area contributed by atoms with Gasteiger partial charge in [-0.1, -0.05) is 140 Å². The van der Waals surface area contributed by atoms with Gasteiger partial charge in [0.25, 0.3) is 0 Å². The topological polar surface area (TPSA) is 87.7 Å². The summed E-state index contributed by atoms with van der Waals surface area (Å²) in [7, 11) is 0. The molecule has 0 heterocycles. The van der Waals surface area contributed by atoms with Crippen LogP contribution in [0.15, 0.2) is 140 Å². The van der Waals surface area contributed by atoms with Gasteiger partial charge < -0.3 is 15.2 Å². The fourth-order valence-corrected chi connectivity index (χ4v) is 6.49. The molecule has 0 aliphatic heterocycles. The smallest absolute Gasteiger partial charge is 0.407 e. The van der Waals surface area contributed by atoms with Crippen molar-refractivity contribution in [2.45, 2.75) is 30.3 Å². The molecule has 0 saturated heterocycles. The van der Waals surface area contributed by atoms with E-state index in [0.29, 0.717) is 13.0 Å². The number of carboxylic acid groups (broad SMARTS) is 1. The van der Waals surface area contributed by atoms with E-state index in [4.69, 9.17) is 4.74 Å². The second-order valence-corrected chi connectivity index (χ2v) is 11.3. The van der Waals surface area contributed by atoms with E-state index >= 15 is 0 Å². The number of hydrogen-bond donors (Lipinski definition) is 3. The highest BCUT2D eigenvalue weighted by molar-refractivity contribution is 5.81. The lowest BCUT2D eigenvalue weighted by atomic mass is 9.77. The average molecular weight is 597 g/mol. The van der Waals surface area contributed by atoms with Gasteiger partial charge in [-0.05, 0) is 58.3 Å². The van der Waals surface area contributed by atoms with Crippen LogP contribution < -0.4 is 10.6 Å². The minimum absolute atomic E-state index is 0.0993. The maximum absolute atomic E-state index is 12.9. The summed E-state index contributed by atoms with van der Waals surface area (Å²) in [5, 5.41) is 16.3. The lowest BCUT2D eigenvalue weighted by Gasteiger charge is -2.37. The second kappa shape index (κ2) is 13.6. The van der Waals surface area contributed by atoms with Crippen LogP contribution in [0.1, 0.15) is 46.6 Å². The van der Waals surface area contributed by atoms with Crippen molar-refractivity contribution in [2.75, 3.05) is 13.2 Å². The van der Waals surface area contributed by atoms with E-state index in [1.54, 1.807) is 0 Å². The lowest BCUT2D eigenvalue weighted by molar-refractivity contribution is -0.139. The highest BCUT2D eigenvalue weighted by Gasteiger charge is 2.36. The predicted molar refractivity (Wildman–Crippen MR) is 176 cm³/mol. The van der Waals surface area contributed by atoms with Gasteiger partial charge >= 0.3 is 12.1 Å². The lowest BCUT2D eigenvalue weighted by Crippen LogP contribution is -2.46. The maximum Gasteiger partial charge on any atom is 0.407 e.